The molecule has 28 heavy (non-hydrogen) atoms. The van der Waals surface area contributed by atoms with Crippen molar-refractivity contribution in [2.75, 3.05) is 6.54 Å². The minimum atomic E-state index is -0.182. The number of hydrogen-bond acceptors (Lipinski definition) is 4. The van der Waals surface area contributed by atoms with Gasteiger partial charge in [-0.25, -0.2) is 9.78 Å². The zero-order chi connectivity index (χ0) is 20.5. The van der Waals surface area contributed by atoms with Crippen LogP contribution in [0.3, 0.4) is 0 Å². The Bertz CT molecular complexity index is 902. The number of amides is 2. The standard InChI is InChI=1S/C21H31N5O2/c1-6-26(13-17-23-16-10-8-7-9-15(16)18(27)24-17)19(28)22-14-11-20(2,3)25-21(4,5)12-14/h7-10,14,25H,6,11-13H2,1-5H3,(H,22,28)(H,23,24,27). The van der Waals surface area contributed by atoms with E-state index in [1.807, 2.05) is 25.1 Å². The summed E-state index contributed by atoms with van der Waals surface area (Å²) in [5.41, 5.74) is 0.377. The van der Waals surface area contributed by atoms with Gasteiger partial charge in [0.2, 0.25) is 0 Å². The van der Waals surface area contributed by atoms with Gasteiger partial charge in [-0.15, -0.1) is 0 Å². The van der Waals surface area contributed by atoms with Gasteiger partial charge in [-0.05, 0) is 59.6 Å². The monoisotopic (exact) mass is 385 g/mol. The SMILES string of the molecule is CCN(Cc1nc2ccccc2c(=O)[nH]1)C(=O)NC1CC(C)(C)NC(C)(C)C1. The first kappa shape index (κ1) is 20.3. The first-order valence-corrected chi connectivity index (χ1v) is 9.91. The highest BCUT2D eigenvalue weighted by Crippen LogP contribution is 2.28. The van der Waals surface area contributed by atoms with E-state index < -0.39 is 0 Å². The van der Waals surface area contributed by atoms with E-state index >= 15 is 0 Å². The summed E-state index contributed by atoms with van der Waals surface area (Å²) >= 11 is 0. The predicted molar refractivity (Wildman–Crippen MR) is 111 cm³/mol. The molecule has 0 bridgehead atoms. The maximum absolute atomic E-state index is 12.9. The predicted octanol–water partition coefficient (Wildman–Crippen LogP) is 2.76. The Morgan fingerprint density at radius 2 is 1.86 bits per heavy atom. The van der Waals surface area contributed by atoms with E-state index in [4.69, 9.17) is 0 Å². The first-order chi connectivity index (χ1) is 13.1. The zero-order valence-corrected chi connectivity index (χ0v) is 17.4. The van der Waals surface area contributed by atoms with Crippen LogP contribution in [0.15, 0.2) is 29.1 Å². The van der Waals surface area contributed by atoms with E-state index in [1.165, 1.54) is 0 Å². The van der Waals surface area contributed by atoms with Crippen molar-refractivity contribution >= 4 is 16.9 Å². The summed E-state index contributed by atoms with van der Waals surface area (Å²) in [6.45, 7) is 11.4. The van der Waals surface area contributed by atoms with Gasteiger partial charge in [0.1, 0.15) is 5.82 Å². The van der Waals surface area contributed by atoms with Crippen molar-refractivity contribution in [3.05, 3.63) is 40.4 Å². The average molecular weight is 386 g/mol. The highest BCUT2D eigenvalue weighted by Gasteiger charge is 2.38. The van der Waals surface area contributed by atoms with E-state index in [9.17, 15) is 9.59 Å². The van der Waals surface area contributed by atoms with Gasteiger partial charge >= 0.3 is 6.03 Å². The lowest BCUT2D eigenvalue weighted by Crippen LogP contribution is -2.62. The Hall–Kier alpha value is -2.41. The number of fused-ring (bicyclic) bond motifs is 1. The number of para-hydroxylation sites is 1. The van der Waals surface area contributed by atoms with Gasteiger partial charge in [0.25, 0.3) is 5.56 Å². The highest BCUT2D eigenvalue weighted by atomic mass is 16.2. The fraction of sp³-hybridized carbons (Fsp3) is 0.571. The molecule has 1 aliphatic rings. The Kier molecular flexibility index (Phi) is 5.48. The van der Waals surface area contributed by atoms with Crippen LogP contribution in [0.25, 0.3) is 10.9 Å². The first-order valence-electron chi connectivity index (χ1n) is 9.91. The third-order valence-electron chi connectivity index (χ3n) is 5.19. The van der Waals surface area contributed by atoms with Crippen LogP contribution in [0.4, 0.5) is 4.79 Å². The number of nitrogens with zero attached hydrogens (tertiary/aromatic N) is 2. The molecule has 152 valence electrons. The van der Waals surface area contributed by atoms with Crippen molar-refractivity contribution in [1.82, 2.24) is 25.5 Å². The summed E-state index contributed by atoms with van der Waals surface area (Å²) in [5.74, 6) is 0.492. The topological polar surface area (TPSA) is 90.1 Å². The van der Waals surface area contributed by atoms with Crippen molar-refractivity contribution in [3.63, 3.8) is 0 Å². The summed E-state index contributed by atoms with van der Waals surface area (Å²) < 4.78 is 0. The molecule has 1 saturated heterocycles. The normalized spacial score (nSPS) is 18.8. The van der Waals surface area contributed by atoms with Crippen molar-refractivity contribution in [1.29, 1.82) is 0 Å². The molecule has 1 aliphatic heterocycles. The molecule has 7 nitrogen and oxygen atoms in total. The Morgan fingerprint density at radius 1 is 1.21 bits per heavy atom. The number of rotatable bonds is 4. The summed E-state index contributed by atoms with van der Waals surface area (Å²) in [5, 5.41) is 7.36. The molecule has 0 saturated carbocycles. The maximum atomic E-state index is 12.9. The molecule has 1 aromatic carbocycles. The zero-order valence-electron chi connectivity index (χ0n) is 17.4. The lowest BCUT2D eigenvalue weighted by atomic mass is 9.80. The molecule has 3 rings (SSSR count). The van der Waals surface area contributed by atoms with Crippen LogP contribution in [0.5, 0.6) is 0 Å². The van der Waals surface area contributed by atoms with Crippen LogP contribution >= 0.6 is 0 Å². The quantitative estimate of drug-likeness (QED) is 0.755. The second-order valence-corrected chi connectivity index (χ2v) is 8.99. The summed E-state index contributed by atoms with van der Waals surface area (Å²) in [7, 11) is 0. The van der Waals surface area contributed by atoms with Gasteiger partial charge < -0.3 is 20.5 Å². The molecule has 0 aliphatic carbocycles. The van der Waals surface area contributed by atoms with E-state index in [-0.39, 0.29) is 35.3 Å². The summed E-state index contributed by atoms with van der Waals surface area (Å²) in [4.78, 5) is 34.2. The van der Waals surface area contributed by atoms with Crippen LogP contribution < -0.4 is 16.2 Å². The number of aromatic nitrogens is 2. The summed E-state index contributed by atoms with van der Waals surface area (Å²) in [6, 6.07) is 7.18. The van der Waals surface area contributed by atoms with Gasteiger partial charge in [0, 0.05) is 23.7 Å². The second kappa shape index (κ2) is 7.54. The third kappa shape index (κ3) is 4.70. The van der Waals surface area contributed by atoms with Crippen molar-refractivity contribution in [2.24, 2.45) is 0 Å². The van der Waals surface area contributed by atoms with Crippen LogP contribution in [-0.4, -0.2) is 44.6 Å². The van der Waals surface area contributed by atoms with Crippen molar-refractivity contribution in [3.8, 4) is 0 Å². The molecule has 0 spiro atoms. The number of piperidine rings is 1. The number of nitrogens with one attached hydrogen (secondary N) is 3. The molecule has 1 aromatic heterocycles. The molecule has 2 aromatic rings. The van der Waals surface area contributed by atoms with E-state index in [0.29, 0.717) is 23.3 Å². The van der Waals surface area contributed by atoms with Crippen molar-refractivity contribution in [2.45, 2.75) is 71.1 Å². The Labute approximate surface area is 165 Å². The fourth-order valence-electron chi connectivity index (χ4n) is 4.41. The van der Waals surface area contributed by atoms with E-state index in [0.717, 1.165) is 12.8 Å². The number of carbonyl (C=O) groups is 1. The average Bonchev–Trinajstić information content (AvgIpc) is 2.56. The Morgan fingerprint density at radius 3 is 2.50 bits per heavy atom. The minimum absolute atomic E-state index is 0.0398. The maximum Gasteiger partial charge on any atom is 0.318 e. The smallest absolute Gasteiger partial charge is 0.318 e. The Balaban J connectivity index is 1.73. The number of urea groups is 1. The molecule has 1 fully saturated rings. The minimum Gasteiger partial charge on any atom is -0.335 e. The van der Waals surface area contributed by atoms with Crippen LogP contribution in [-0.2, 0) is 6.54 Å². The molecule has 3 N–H and O–H groups in total. The highest BCUT2D eigenvalue weighted by molar-refractivity contribution is 5.77. The number of aromatic amines is 1. The van der Waals surface area contributed by atoms with E-state index in [2.05, 4.69) is 48.3 Å². The molecule has 2 heterocycles. The van der Waals surface area contributed by atoms with Gasteiger partial charge in [-0.3, -0.25) is 4.79 Å². The number of benzene rings is 1. The molecule has 2 amide bonds. The lowest BCUT2D eigenvalue weighted by Gasteiger charge is -2.46. The van der Waals surface area contributed by atoms with Gasteiger partial charge in [0.05, 0.1) is 17.4 Å². The third-order valence-corrected chi connectivity index (χ3v) is 5.19. The fourth-order valence-corrected chi connectivity index (χ4v) is 4.41. The largest absolute Gasteiger partial charge is 0.335 e. The second-order valence-electron chi connectivity index (χ2n) is 8.99. The van der Waals surface area contributed by atoms with Gasteiger partial charge in [-0.1, -0.05) is 12.1 Å². The van der Waals surface area contributed by atoms with Crippen LogP contribution in [0.2, 0.25) is 0 Å². The number of carbonyl (C=O) groups excluding carboxylic acids is 1. The van der Waals surface area contributed by atoms with E-state index in [1.54, 1.807) is 11.0 Å². The molecule has 0 radical (unpaired) electrons. The van der Waals surface area contributed by atoms with Gasteiger partial charge in [-0.2, -0.15) is 0 Å². The number of H-pyrrole nitrogens is 1. The van der Waals surface area contributed by atoms with Crippen LogP contribution in [0.1, 0.15) is 53.3 Å². The summed E-state index contributed by atoms with van der Waals surface area (Å²) in [6.07, 6.45) is 1.73. The molecule has 0 unspecified atom stereocenters. The van der Waals surface area contributed by atoms with Gasteiger partial charge in [0.15, 0.2) is 0 Å². The molecule has 7 heteroatoms. The molecular formula is C21H31N5O2. The van der Waals surface area contributed by atoms with Crippen LogP contribution in [0, 0.1) is 0 Å². The molecule has 0 atom stereocenters. The number of hydrogen-bond donors (Lipinski definition) is 3. The molecular weight excluding hydrogens is 354 g/mol. The van der Waals surface area contributed by atoms with Crippen molar-refractivity contribution < 1.29 is 4.79 Å². The lowest BCUT2D eigenvalue weighted by molar-refractivity contribution is 0.138.